The molecule has 2 aromatic carbocycles. The van der Waals surface area contributed by atoms with Crippen molar-refractivity contribution in [3.8, 4) is 0 Å². The summed E-state index contributed by atoms with van der Waals surface area (Å²) in [7, 11) is -3.61. The Kier molecular flexibility index (Phi) is 5.78. The Morgan fingerprint density at radius 2 is 1.75 bits per heavy atom. The van der Waals surface area contributed by atoms with Crippen LogP contribution in [0.1, 0.15) is 29.2 Å². The zero-order chi connectivity index (χ0) is 19.6. The maximum Gasteiger partial charge on any atom is 0.240 e. The molecule has 5 nitrogen and oxygen atoms in total. The normalized spacial score (nSPS) is 18.8. The van der Waals surface area contributed by atoms with Gasteiger partial charge in [-0.15, -0.1) is 0 Å². The number of hydrogen-bond donors (Lipinski definition) is 1. The average Bonchev–Trinajstić information content (AvgIpc) is 3.18. The van der Waals surface area contributed by atoms with Gasteiger partial charge >= 0.3 is 0 Å². The van der Waals surface area contributed by atoms with Crippen LogP contribution in [0.15, 0.2) is 47.4 Å². The zero-order valence-electron chi connectivity index (χ0n) is 15.7. The van der Waals surface area contributed by atoms with Gasteiger partial charge in [-0.05, 0) is 60.2 Å². The molecule has 1 aliphatic heterocycles. The smallest absolute Gasteiger partial charge is 0.240 e. The Morgan fingerprint density at radius 3 is 2.50 bits per heavy atom. The summed E-state index contributed by atoms with van der Waals surface area (Å²) in [6.07, 6.45) is 3.04. The fourth-order valence-electron chi connectivity index (χ4n) is 4.02. The molecule has 1 fully saturated rings. The summed E-state index contributed by atoms with van der Waals surface area (Å²) in [5.74, 6) is -0.303. The molecule has 1 aliphatic carbocycles. The van der Waals surface area contributed by atoms with E-state index in [1.165, 1.54) is 17.7 Å². The minimum atomic E-state index is -3.61. The van der Waals surface area contributed by atoms with E-state index in [0.29, 0.717) is 31.2 Å². The summed E-state index contributed by atoms with van der Waals surface area (Å²) in [5, 5.41) is 0. The first-order chi connectivity index (χ1) is 13.5. The summed E-state index contributed by atoms with van der Waals surface area (Å²) in [6.45, 7) is 2.86. The molecule has 1 atom stereocenters. The van der Waals surface area contributed by atoms with Crippen molar-refractivity contribution < 1.29 is 17.5 Å². The molecule has 0 aromatic heterocycles. The molecule has 1 N–H and O–H groups in total. The lowest BCUT2D eigenvalue weighted by Crippen LogP contribution is -2.43. The van der Waals surface area contributed by atoms with Gasteiger partial charge in [-0.2, -0.15) is 0 Å². The van der Waals surface area contributed by atoms with Crippen LogP contribution in [0.4, 0.5) is 4.39 Å². The summed E-state index contributed by atoms with van der Waals surface area (Å²) in [6, 6.07) is 11.5. The fourth-order valence-corrected chi connectivity index (χ4v) is 5.11. The average molecular weight is 405 g/mol. The molecule has 0 radical (unpaired) electrons. The van der Waals surface area contributed by atoms with Crippen LogP contribution in [-0.4, -0.2) is 46.2 Å². The first-order valence-electron chi connectivity index (χ1n) is 9.72. The van der Waals surface area contributed by atoms with E-state index in [0.717, 1.165) is 30.4 Å². The van der Waals surface area contributed by atoms with Crippen molar-refractivity contribution in [2.24, 2.45) is 0 Å². The third-order valence-electron chi connectivity index (χ3n) is 5.59. The second-order valence-corrected chi connectivity index (χ2v) is 9.12. The summed E-state index contributed by atoms with van der Waals surface area (Å²) in [4.78, 5) is 2.50. The van der Waals surface area contributed by atoms with E-state index in [1.54, 1.807) is 24.3 Å². The first kappa shape index (κ1) is 19.5. The quantitative estimate of drug-likeness (QED) is 0.804. The monoisotopic (exact) mass is 404 g/mol. The van der Waals surface area contributed by atoms with Crippen LogP contribution in [0.25, 0.3) is 0 Å². The van der Waals surface area contributed by atoms with Gasteiger partial charge in [-0.1, -0.05) is 18.2 Å². The lowest BCUT2D eigenvalue weighted by Gasteiger charge is -2.34. The van der Waals surface area contributed by atoms with E-state index in [4.69, 9.17) is 4.74 Å². The molecule has 0 spiro atoms. The van der Waals surface area contributed by atoms with Gasteiger partial charge < -0.3 is 4.74 Å². The maximum absolute atomic E-state index is 13.4. The highest BCUT2D eigenvalue weighted by Gasteiger charge is 2.26. The van der Waals surface area contributed by atoms with E-state index < -0.39 is 10.0 Å². The predicted octanol–water partition coefficient (Wildman–Crippen LogP) is 2.67. The lowest BCUT2D eigenvalue weighted by molar-refractivity contribution is 0.0172. The third kappa shape index (κ3) is 4.27. The Morgan fingerprint density at radius 1 is 1.04 bits per heavy atom. The van der Waals surface area contributed by atoms with Crippen LogP contribution < -0.4 is 4.72 Å². The van der Waals surface area contributed by atoms with Crippen molar-refractivity contribution in [1.82, 2.24) is 9.62 Å². The topological polar surface area (TPSA) is 58.6 Å². The molecule has 1 saturated heterocycles. The Balaban J connectivity index is 1.53. The Labute approximate surface area is 165 Å². The second-order valence-electron chi connectivity index (χ2n) is 7.35. The largest absolute Gasteiger partial charge is 0.379 e. The Hall–Kier alpha value is -1.80. The number of halogens is 1. The predicted molar refractivity (Wildman–Crippen MR) is 105 cm³/mol. The molecule has 0 amide bonds. The molecule has 2 aromatic rings. The molecular weight excluding hydrogens is 379 g/mol. The van der Waals surface area contributed by atoms with Crippen molar-refractivity contribution in [1.29, 1.82) is 0 Å². The van der Waals surface area contributed by atoms with E-state index in [9.17, 15) is 12.8 Å². The molecule has 28 heavy (non-hydrogen) atoms. The van der Waals surface area contributed by atoms with Crippen molar-refractivity contribution in [3.63, 3.8) is 0 Å². The molecule has 2 aliphatic rings. The van der Waals surface area contributed by atoms with Crippen LogP contribution in [0.5, 0.6) is 0 Å². The molecule has 1 heterocycles. The minimum Gasteiger partial charge on any atom is -0.379 e. The van der Waals surface area contributed by atoms with E-state index in [-0.39, 0.29) is 18.4 Å². The second kappa shape index (κ2) is 8.29. The standard InChI is InChI=1S/C21H25FN2O3S/c22-19-7-4-17(5-8-19)21(24-10-12-27-13-11-24)15-23-28(25,26)20-9-6-16-2-1-3-18(16)14-20/h4-9,14,21,23H,1-3,10-13,15H2/t21-/m0/s1. The number of morpholine rings is 1. The number of nitrogens with one attached hydrogen (secondary N) is 1. The van der Waals surface area contributed by atoms with Gasteiger partial charge in [0.2, 0.25) is 10.0 Å². The highest BCUT2D eigenvalue weighted by atomic mass is 32.2. The SMILES string of the molecule is O=S(=O)(NC[C@@H](c1ccc(F)cc1)N1CCOCC1)c1ccc2c(c1)CCC2. The van der Waals surface area contributed by atoms with Gasteiger partial charge in [-0.3, -0.25) is 4.90 Å². The first-order valence-corrected chi connectivity index (χ1v) is 11.2. The Bertz CT molecular complexity index is 925. The lowest BCUT2D eigenvalue weighted by atomic mass is 10.0. The van der Waals surface area contributed by atoms with Gasteiger partial charge in [-0.25, -0.2) is 17.5 Å². The number of nitrogens with zero attached hydrogens (tertiary/aromatic N) is 1. The fraction of sp³-hybridized carbons (Fsp3) is 0.429. The number of hydrogen-bond acceptors (Lipinski definition) is 4. The number of benzene rings is 2. The molecule has 7 heteroatoms. The third-order valence-corrected chi connectivity index (χ3v) is 7.01. The number of sulfonamides is 1. The van der Waals surface area contributed by atoms with Crippen molar-refractivity contribution in [3.05, 3.63) is 65.0 Å². The summed E-state index contributed by atoms with van der Waals surface area (Å²) in [5.41, 5.74) is 3.27. The van der Waals surface area contributed by atoms with Crippen LogP contribution in [-0.2, 0) is 27.6 Å². The highest BCUT2D eigenvalue weighted by Crippen LogP contribution is 2.26. The molecule has 0 bridgehead atoms. The van der Waals surface area contributed by atoms with Gasteiger partial charge in [0.1, 0.15) is 5.82 Å². The molecular formula is C21H25FN2O3S. The molecule has 150 valence electrons. The van der Waals surface area contributed by atoms with Crippen LogP contribution in [0, 0.1) is 5.82 Å². The summed E-state index contributed by atoms with van der Waals surface area (Å²) >= 11 is 0. The van der Waals surface area contributed by atoms with Crippen LogP contribution >= 0.6 is 0 Å². The number of fused-ring (bicyclic) bond motifs is 1. The number of aryl methyl sites for hydroxylation is 2. The molecule has 4 rings (SSSR count). The molecule has 0 saturated carbocycles. The van der Waals surface area contributed by atoms with Crippen LogP contribution in [0.3, 0.4) is 0 Å². The van der Waals surface area contributed by atoms with Crippen molar-refractivity contribution >= 4 is 10.0 Å². The highest BCUT2D eigenvalue weighted by molar-refractivity contribution is 7.89. The van der Waals surface area contributed by atoms with Gasteiger partial charge in [0, 0.05) is 25.7 Å². The maximum atomic E-state index is 13.4. The van der Waals surface area contributed by atoms with Gasteiger partial charge in [0.15, 0.2) is 0 Å². The van der Waals surface area contributed by atoms with E-state index in [1.807, 2.05) is 6.07 Å². The van der Waals surface area contributed by atoms with Crippen molar-refractivity contribution in [2.45, 2.75) is 30.2 Å². The van der Waals surface area contributed by atoms with Crippen LogP contribution in [0.2, 0.25) is 0 Å². The zero-order valence-corrected chi connectivity index (χ0v) is 16.6. The minimum absolute atomic E-state index is 0.172. The number of ether oxygens (including phenoxy) is 1. The van der Waals surface area contributed by atoms with E-state index >= 15 is 0 Å². The van der Waals surface area contributed by atoms with Gasteiger partial charge in [0.25, 0.3) is 0 Å². The number of rotatable bonds is 6. The van der Waals surface area contributed by atoms with Gasteiger partial charge in [0.05, 0.1) is 18.1 Å². The molecule has 0 unspecified atom stereocenters. The van der Waals surface area contributed by atoms with Crippen molar-refractivity contribution in [2.75, 3.05) is 32.8 Å². The summed E-state index contributed by atoms with van der Waals surface area (Å²) < 4.78 is 47.3. The van der Waals surface area contributed by atoms with E-state index in [2.05, 4.69) is 9.62 Å².